The third kappa shape index (κ3) is 3.47. The van der Waals surface area contributed by atoms with Crippen molar-refractivity contribution in [2.75, 3.05) is 18.4 Å². The zero-order valence-electron chi connectivity index (χ0n) is 14.1. The Kier molecular flexibility index (Phi) is 4.91. The Balaban J connectivity index is 1.64. The quantitative estimate of drug-likeness (QED) is 0.901. The van der Waals surface area contributed by atoms with Crippen molar-refractivity contribution in [2.45, 2.75) is 44.3 Å². The summed E-state index contributed by atoms with van der Waals surface area (Å²) in [6.45, 7) is 5.64. The molecule has 0 amide bonds. The maximum Gasteiger partial charge on any atom is 0.260 e. The predicted molar refractivity (Wildman–Crippen MR) is 94.5 cm³/mol. The van der Waals surface area contributed by atoms with E-state index in [4.69, 9.17) is 0 Å². The van der Waals surface area contributed by atoms with Crippen LogP contribution in [0.25, 0.3) is 0 Å². The highest BCUT2D eigenvalue weighted by molar-refractivity contribution is 7.89. The van der Waals surface area contributed by atoms with Gasteiger partial charge in [0, 0.05) is 31.4 Å². The van der Waals surface area contributed by atoms with Crippen molar-refractivity contribution >= 4 is 15.7 Å². The molecule has 3 rings (SSSR count). The summed E-state index contributed by atoms with van der Waals surface area (Å²) in [4.78, 5) is 3.98. The van der Waals surface area contributed by atoms with E-state index in [1.807, 2.05) is 13.0 Å². The van der Waals surface area contributed by atoms with E-state index in [0.717, 1.165) is 18.5 Å². The van der Waals surface area contributed by atoms with E-state index in [2.05, 4.69) is 35.4 Å². The molecule has 0 unspecified atom stereocenters. The summed E-state index contributed by atoms with van der Waals surface area (Å²) in [5, 5.41) is 3.80. The average molecular weight is 348 g/mol. The van der Waals surface area contributed by atoms with Gasteiger partial charge in [0.05, 0.1) is 12.5 Å². The van der Waals surface area contributed by atoms with E-state index in [1.54, 1.807) is 15.2 Å². The molecular weight excluding hydrogens is 324 g/mol. The SMILES string of the molecule is CCn1cncc1S(=O)(=O)N1CCC(Nc2cccc(C)c2)CC1. The molecule has 1 aliphatic heterocycles. The van der Waals surface area contributed by atoms with Crippen LogP contribution in [0.2, 0.25) is 0 Å². The molecule has 1 aromatic heterocycles. The minimum Gasteiger partial charge on any atom is -0.382 e. The second kappa shape index (κ2) is 6.94. The van der Waals surface area contributed by atoms with Crippen molar-refractivity contribution in [3.05, 3.63) is 42.4 Å². The van der Waals surface area contributed by atoms with Gasteiger partial charge in [0.15, 0.2) is 5.03 Å². The third-order valence-corrected chi connectivity index (χ3v) is 6.38. The van der Waals surface area contributed by atoms with Crippen molar-refractivity contribution in [2.24, 2.45) is 0 Å². The van der Waals surface area contributed by atoms with Crippen molar-refractivity contribution in [1.82, 2.24) is 13.9 Å². The van der Waals surface area contributed by atoms with Crippen molar-refractivity contribution in [1.29, 1.82) is 0 Å². The molecule has 1 fully saturated rings. The molecule has 1 aromatic carbocycles. The molecule has 2 aromatic rings. The first-order valence-electron chi connectivity index (χ1n) is 8.34. The van der Waals surface area contributed by atoms with Gasteiger partial charge in [-0.2, -0.15) is 4.31 Å². The molecule has 1 saturated heterocycles. The monoisotopic (exact) mass is 348 g/mol. The number of benzene rings is 1. The molecule has 24 heavy (non-hydrogen) atoms. The number of aryl methyl sites for hydroxylation is 2. The van der Waals surface area contributed by atoms with Crippen LogP contribution in [-0.2, 0) is 16.6 Å². The van der Waals surface area contributed by atoms with Gasteiger partial charge in [0.1, 0.15) is 0 Å². The minimum atomic E-state index is -3.46. The van der Waals surface area contributed by atoms with Gasteiger partial charge in [-0.1, -0.05) is 12.1 Å². The van der Waals surface area contributed by atoms with Crippen molar-refractivity contribution in [3.63, 3.8) is 0 Å². The molecule has 0 bridgehead atoms. The first-order chi connectivity index (χ1) is 11.5. The third-order valence-electron chi connectivity index (χ3n) is 4.46. The van der Waals surface area contributed by atoms with Crippen LogP contribution in [0.3, 0.4) is 0 Å². The fraction of sp³-hybridized carbons (Fsp3) is 0.471. The van der Waals surface area contributed by atoms with Gasteiger partial charge >= 0.3 is 0 Å². The Morgan fingerprint density at radius 1 is 1.29 bits per heavy atom. The van der Waals surface area contributed by atoms with Crippen LogP contribution in [0.1, 0.15) is 25.3 Å². The molecule has 2 heterocycles. The standard InChI is InChI=1S/C17H24N4O2S/c1-3-20-13-18-12-17(20)24(22,23)21-9-7-15(8-10-21)19-16-6-4-5-14(2)11-16/h4-6,11-13,15,19H,3,7-10H2,1-2H3. The van der Waals surface area contributed by atoms with Crippen LogP contribution >= 0.6 is 0 Å². The largest absolute Gasteiger partial charge is 0.382 e. The second-order valence-corrected chi connectivity index (χ2v) is 8.09. The lowest BCUT2D eigenvalue weighted by molar-refractivity contribution is 0.327. The van der Waals surface area contributed by atoms with Gasteiger partial charge < -0.3 is 9.88 Å². The summed E-state index contributed by atoms with van der Waals surface area (Å²) in [6, 6.07) is 8.56. The number of aromatic nitrogens is 2. The number of piperidine rings is 1. The highest BCUT2D eigenvalue weighted by Gasteiger charge is 2.31. The van der Waals surface area contributed by atoms with Crippen LogP contribution in [0.15, 0.2) is 41.8 Å². The lowest BCUT2D eigenvalue weighted by atomic mass is 10.1. The molecule has 1 aliphatic rings. The lowest BCUT2D eigenvalue weighted by Gasteiger charge is -2.32. The van der Waals surface area contributed by atoms with Crippen LogP contribution in [-0.4, -0.2) is 41.4 Å². The molecule has 0 atom stereocenters. The topological polar surface area (TPSA) is 67.2 Å². The smallest absolute Gasteiger partial charge is 0.260 e. The summed E-state index contributed by atoms with van der Waals surface area (Å²) in [6.07, 6.45) is 4.61. The zero-order chi connectivity index (χ0) is 17.2. The summed E-state index contributed by atoms with van der Waals surface area (Å²) in [7, 11) is -3.46. The molecular formula is C17H24N4O2S. The Bertz CT molecular complexity index is 792. The van der Waals surface area contributed by atoms with E-state index in [0.29, 0.717) is 25.7 Å². The molecule has 130 valence electrons. The number of imidazole rings is 1. The van der Waals surface area contributed by atoms with E-state index in [1.165, 1.54) is 11.8 Å². The fourth-order valence-electron chi connectivity index (χ4n) is 3.10. The Hall–Kier alpha value is -1.86. The average Bonchev–Trinajstić information content (AvgIpc) is 3.05. The first kappa shape index (κ1) is 17.0. The van der Waals surface area contributed by atoms with Gasteiger partial charge in [0.2, 0.25) is 0 Å². The number of nitrogens with one attached hydrogen (secondary N) is 1. The van der Waals surface area contributed by atoms with Crippen molar-refractivity contribution < 1.29 is 8.42 Å². The molecule has 1 N–H and O–H groups in total. The van der Waals surface area contributed by atoms with E-state index >= 15 is 0 Å². The Morgan fingerprint density at radius 3 is 2.71 bits per heavy atom. The number of hydrogen-bond donors (Lipinski definition) is 1. The molecule has 0 aliphatic carbocycles. The number of sulfonamides is 1. The van der Waals surface area contributed by atoms with Gasteiger partial charge in [-0.25, -0.2) is 13.4 Å². The summed E-state index contributed by atoms with van der Waals surface area (Å²) >= 11 is 0. The number of rotatable bonds is 5. The van der Waals surface area contributed by atoms with Crippen LogP contribution in [0.5, 0.6) is 0 Å². The number of nitrogens with zero attached hydrogens (tertiary/aromatic N) is 3. The molecule has 0 radical (unpaired) electrons. The molecule has 7 heteroatoms. The molecule has 0 spiro atoms. The van der Waals surface area contributed by atoms with Crippen molar-refractivity contribution in [3.8, 4) is 0 Å². The lowest BCUT2D eigenvalue weighted by Crippen LogP contribution is -2.42. The first-order valence-corrected chi connectivity index (χ1v) is 9.78. The minimum absolute atomic E-state index is 0.287. The summed E-state index contributed by atoms with van der Waals surface area (Å²) in [5.41, 5.74) is 2.31. The number of hydrogen-bond acceptors (Lipinski definition) is 4. The fourth-order valence-corrected chi connectivity index (χ4v) is 4.73. The zero-order valence-corrected chi connectivity index (χ0v) is 15.0. The van der Waals surface area contributed by atoms with E-state index < -0.39 is 10.0 Å². The maximum atomic E-state index is 12.8. The Labute approximate surface area is 143 Å². The van der Waals surface area contributed by atoms with Gasteiger partial charge in [-0.05, 0) is 44.4 Å². The highest BCUT2D eigenvalue weighted by atomic mass is 32.2. The van der Waals surface area contributed by atoms with Crippen LogP contribution in [0.4, 0.5) is 5.69 Å². The highest BCUT2D eigenvalue weighted by Crippen LogP contribution is 2.23. The normalized spacial score (nSPS) is 17.1. The number of anilines is 1. The van der Waals surface area contributed by atoms with Crippen LogP contribution < -0.4 is 5.32 Å². The maximum absolute atomic E-state index is 12.8. The predicted octanol–water partition coefficient (Wildman–Crippen LogP) is 2.48. The van der Waals surface area contributed by atoms with E-state index in [-0.39, 0.29) is 5.03 Å². The Morgan fingerprint density at radius 2 is 2.04 bits per heavy atom. The van der Waals surface area contributed by atoms with Gasteiger partial charge in [-0.3, -0.25) is 0 Å². The second-order valence-electron chi connectivity index (χ2n) is 6.21. The van der Waals surface area contributed by atoms with Gasteiger partial charge in [-0.15, -0.1) is 0 Å². The molecule has 6 nitrogen and oxygen atoms in total. The summed E-state index contributed by atoms with van der Waals surface area (Å²) < 4.78 is 28.8. The van der Waals surface area contributed by atoms with Crippen LogP contribution in [0, 0.1) is 6.92 Å². The summed E-state index contributed by atoms with van der Waals surface area (Å²) in [5.74, 6) is 0. The molecule has 0 saturated carbocycles. The van der Waals surface area contributed by atoms with E-state index in [9.17, 15) is 8.42 Å². The van der Waals surface area contributed by atoms with Gasteiger partial charge in [0.25, 0.3) is 10.0 Å².